The molecule has 1 aliphatic rings. The number of halogens is 1. The molecule has 0 aliphatic carbocycles. The summed E-state index contributed by atoms with van der Waals surface area (Å²) in [6.07, 6.45) is 2.35. The first-order valence-corrected chi connectivity index (χ1v) is 11.2. The van der Waals surface area contributed by atoms with E-state index in [4.69, 9.17) is 9.47 Å². The van der Waals surface area contributed by atoms with Crippen molar-refractivity contribution in [3.63, 3.8) is 0 Å². The van der Waals surface area contributed by atoms with E-state index in [1.54, 1.807) is 7.05 Å². The van der Waals surface area contributed by atoms with E-state index < -0.39 is 0 Å². The molecular formula is C25H35IN4O3. The number of hydrogen-bond donors (Lipinski definition) is 3. The summed E-state index contributed by atoms with van der Waals surface area (Å²) in [7, 11) is 1.75. The van der Waals surface area contributed by atoms with Crippen LogP contribution in [0.2, 0.25) is 0 Å². The van der Waals surface area contributed by atoms with Crippen LogP contribution in [-0.2, 0) is 17.8 Å². The number of carbonyl (C=O) groups is 1. The lowest BCUT2D eigenvalue weighted by Crippen LogP contribution is -2.36. The van der Waals surface area contributed by atoms with Gasteiger partial charge >= 0.3 is 0 Å². The molecule has 1 atom stereocenters. The summed E-state index contributed by atoms with van der Waals surface area (Å²) in [5.74, 6) is 1.52. The Balaban J connectivity index is 0.00000385. The van der Waals surface area contributed by atoms with E-state index in [2.05, 4.69) is 46.1 Å². The number of carbonyl (C=O) groups excluding carboxylic acids is 1. The standard InChI is InChI=1S/C25H34N4O3.HI/c1-4-27-24(30)20-11-8-19(9-12-20)15-28-25(26-3)29-16-21-10-7-18(2)14-23(21)32-17-22-6-5-13-31-22;/h7-12,14,22H,4-6,13,15-17H2,1-3H3,(H,27,30)(H2,26,28,29);1H. The van der Waals surface area contributed by atoms with Crippen molar-refractivity contribution in [2.24, 2.45) is 4.99 Å². The van der Waals surface area contributed by atoms with Gasteiger partial charge in [-0.05, 0) is 56.0 Å². The molecule has 180 valence electrons. The zero-order valence-electron chi connectivity index (χ0n) is 19.6. The number of amides is 1. The van der Waals surface area contributed by atoms with E-state index in [0.717, 1.165) is 41.9 Å². The number of ether oxygens (including phenoxy) is 2. The summed E-state index contributed by atoms with van der Waals surface area (Å²) in [6, 6.07) is 13.8. The monoisotopic (exact) mass is 566 g/mol. The van der Waals surface area contributed by atoms with E-state index in [-0.39, 0.29) is 36.0 Å². The van der Waals surface area contributed by atoms with Gasteiger partial charge in [0.15, 0.2) is 5.96 Å². The van der Waals surface area contributed by atoms with Gasteiger partial charge in [-0.15, -0.1) is 24.0 Å². The van der Waals surface area contributed by atoms with Crippen LogP contribution in [0.15, 0.2) is 47.5 Å². The number of hydrogen-bond acceptors (Lipinski definition) is 4. The van der Waals surface area contributed by atoms with Crippen molar-refractivity contribution in [3.8, 4) is 5.75 Å². The second-order valence-corrected chi connectivity index (χ2v) is 7.89. The molecule has 0 radical (unpaired) electrons. The summed E-state index contributed by atoms with van der Waals surface area (Å²) in [5.41, 5.74) is 3.96. The Bertz CT molecular complexity index is 912. The molecule has 1 heterocycles. The maximum absolute atomic E-state index is 11.9. The minimum atomic E-state index is -0.0555. The molecule has 3 N–H and O–H groups in total. The van der Waals surface area contributed by atoms with Gasteiger partial charge in [-0.1, -0.05) is 24.3 Å². The van der Waals surface area contributed by atoms with Crippen molar-refractivity contribution in [2.75, 3.05) is 26.8 Å². The van der Waals surface area contributed by atoms with Crippen LogP contribution in [0.3, 0.4) is 0 Å². The summed E-state index contributed by atoms with van der Waals surface area (Å²) in [5, 5.41) is 9.47. The predicted molar refractivity (Wildman–Crippen MR) is 143 cm³/mol. The minimum Gasteiger partial charge on any atom is -0.491 e. The molecule has 0 saturated carbocycles. The largest absolute Gasteiger partial charge is 0.491 e. The fourth-order valence-corrected chi connectivity index (χ4v) is 3.52. The Morgan fingerprint density at radius 2 is 1.88 bits per heavy atom. The van der Waals surface area contributed by atoms with Crippen molar-refractivity contribution in [1.29, 1.82) is 0 Å². The second-order valence-electron chi connectivity index (χ2n) is 7.89. The number of aryl methyl sites for hydroxylation is 1. The Kier molecular flexibility index (Phi) is 11.5. The van der Waals surface area contributed by atoms with Crippen molar-refractivity contribution in [1.82, 2.24) is 16.0 Å². The smallest absolute Gasteiger partial charge is 0.251 e. The average Bonchev–Trinajstić information content (AvgIpc) is 3.33. The highest BCUT2D eigenvalue weighted by molar-refractivity contribution is 14.0. The fraction of sp³-hybridized carbons (Fsp3) is 0.440. The Hall–Kier alpha value is -2.33. The lowest BCUT2D eigenvalue weighted by atomic mass is 10.1. The molecule has 1 fully saturated rings. The molecule has 1 saturated heterocycles. The first-order chi connectivity index (χ1) is 15.6. The quantitative estimate of drug-likeness (QED) is 0.245. The van der Waals surface area contributed by atoms with Crippen LogP contribution in [0.5, 0.6) is 5.75 Å². The van der Waals surface area contributed by atoms with Gasteiger partial charge < -0.3 is 25.4 Å². The van der Waals surface area contributed by atoms with Crippen LogP contribution in [0.4, 0.5) is 0 Å². The van der Waals surface area contributed by atoms with Gasteiger partial charge in [0.2, 0.25) is 0 Å². The zero-order chi connectivity index (χ0) is 22.8. The first kappa shape index (κ1) is 26.9. The SMILES string of the molecule is CCNC(=O)c1ccc(CNC(=NC)NCc2ccc(C)cc2OCC2CCCO2)cc1.I. The summed E-state index contributed by atoms with van der Waals surface area (Å²) >= 11 is 0. The number of aliphatic imine (C=N–C) groups is 1. The highest BCUT2D eigenvalue weighted by atomic mass is 127. The average molecular weight is 566 g/mol. The van der Waals surface area contributed by atoms with Crippen molar-refractivity contribution in [2.45, 2.75) is 45.9 Å². The Morgan fingerprint density at radius 1 is 1.12 bits per heavy atom. The van der Waals surface area contributed by atoms with Crippen molar-refractivity contribution >= 4 is 35.8 Å². The van der Waals surface area contributed by atoms with Gasteiger partial charge in [-0.3, -0.25) is 9.79 Å². The molecule has 2 aromatic rings. The van der Waals surface area contributed by atoms with E-state index in [0.29, 0.717) is 37.8 Å². The summed E-state index contributed by atoms with van der Waals surface area (Å²) in [6.45, 7) is 7.19. The van der Waals surface area contributed by atoms with Crippen LogP contribution < -0.4 is 20.7 Å². The molecule has 1 amide bonds. The van der Waals surface area contributed by atoms with Crippen LogP contribution in [0, 0.1) is 6.92 Å². The Labute approximate surface area is 213 Å². The minimum absolute atomic E-state index is 0. The number of nitrogens with one attached hydrogen (secondary N) is 3. The lowest BCUT2D eigenvalue weighted by molar-refractivity contribution is 0.0676. The molecule has 0 bridgehead atoms. The third-order valence-corrected chi connectivity index (χ3v) is 5.35. The zero-order valence-corrected chi connectivity index (χ0v) is 22.0. The van der Waals surface area contributed by atoms with E-state index in [1.165, 1.54) is 0 Å². The Morgan fingerprint density at radius 3 is 2.55 bits per heavy atom. The summed E-state index contributed by atoms with van der Waals surface area (Å²) < 4.78 is 11.8. The van der Waals surface area contributed by atoms with Crippen LogP contribution in [0.25, 0.3) is 0 Å². The molecule has 7 nitrogen and oxygen atoms in total. The first-order valence-electron chi connectivity index (χ1n) is 11.2. The van der Waals surface area contributed by atoms with E-state index >= 15 is 0 Å². The molecular weight excluding hydrogens is 531 g/mol. The topological polar surface area (TPSA) is 84.0 Å². The van der Waals surface area contributed by atoms with Gasteiger partial charge in [-0.2, -0.15) is 0 Å². The van der Waals surface area contributed by atoms with Crippen molar-refractivity contribution in [3.05, 3.63) is 64.7 Å². The lowest BCUT2D eigenvalue weighted by Gasteiger charge is -2.17. The maximum atomic E-state index is 11.9. The molecule has 33 heavy (non-hydrogen) atoms. The number of guanidine groups is 1. The van der Waals surface area contributed by atoms with Crippen LogP contribution in [0.1, 0.15) is 46.8 Å². The van der Waals surface area contributed by atoms with Gasteiger partial charge in [0.25, 0.3) is 5.91 Å². The molecule has 1 unspecified atom stereocenters. The van der Waals surface area contributed by atoms with Crippen molar-refractivity contribution < 1.29 is 14.3 Å². The van der Waals surface area contributed by atoms with Gasteiger partial charge in [-0.25, -0.2) is 0 Å². The summed E-state index contributed by atoms with van der Waals surface area (Å²) in [4.78, 5) is 16.2. The molecule has 8 heteroatoms. The second kappa shape index (κ2) is 14.0. The van der Waals surface area contributed by atoms with Crippen LogP contribution >= 0.6 is 24.0 Å². The molecule has 0 aromatic heterocycles. The molecule has 3 rings (SSSR count). The van der Waals surface area contributed by atoms with Gasteiger partial charge in [0.05, 0.1) is 6.10 Å². The molecule has 0 spiro atoms. The van der Waals surface area contributed by atoms with E-state index in [9.17, 15) is 4.79 Å². The highest BCUT2D eigenvalue weighted by Gasteiger charge is 2.17. The fourth-order valence-electron chi connectivity index (χ4n) is 3.52. The number of rotatable bonds is 9. The van der Waals surface area contributed by atoms with Crippen LogP contribution in [-0.4, -0.2) is 44.8 Å². The third kappa shape index (κ3) is 8.51. The van der Waals surface area contributed by atoms with Gasteiger partial charge in [0, 0.05) is 44.4 Å². The van der Waals surface area contributed by atoms with E-state index in [1.807, 2.05) is 31.2 Å². The van der Waals surface area contributed by atoms with Gasteiger partial charge in [0.1, 0.15) is 12.4 Å². The normalized spacial score (nSPS) is 15.5. The number of nitrogens with zero attached hydrogens (tertiary/aromatic N) is 1. The molecule has 2 aromatic carbocycles. The maximum Gasteiger partial charge on any atom is 0.251 e. The predicted octanol–water partition coefficient (Wildman–Crippen LogP) is 3.79. The highest BCUT2D eigenvalue weighted by Crippen LogP contribution is 2.22. The number of benzene rings is 2. The third-order valence-electron chi connectivity index (χ3n) is 5.35. The molecule has 1 aliphatic heterocycles.